The van der Waals surface area contributed by atoms with Crippen molar-refractivity contribution in [1.29, 1.82) is 0 Å². The third-order valence-corrected chi connectivity index (χ3v) is 9.37. The van der Waals surface area contributed by atoms with Crippen LogP contribution in [-0.4, -0.2) is 15.0 Å². The van der Waals surface area contributed by atoms with Crippen LogP contribution in [0.15, 0.2) is 188 Å². The molecule has 9 rings (SSSR count). The number of benzene rings is 7. The Morgan fingerprint density at radius 2 is 0.880 bits per heavy atom. The van der Waals surface area contributed by atoms with Crippen LogP contribution in [0.4, 0.5) is 0 Å². The molecule has 234 valence electrons. The second-order valence-corrected chi connectivity index (χ2v) is 12.5. The molecule has 0 fully saturated rings. The Hall–Kier alpha value is -6.71. The van der Waals surface area contributed by atoms with Crippen LogP contribution in [0.1, 0.15) is 0 Å². The zero-order valence-electron chi connectivity index (χ0n) is 27.2. The molecule has 0 radical (unpaired) electrons. The summed E-state index contributed by atoms with van der Waals surface area (Å²) in [6, 6.07) is 62.0. The quantitative estimate of drug-likeness (QED) is 0.170. The lowest BCUT2D eigenvalue weighted by molar-refractivity contribution is 1.18. The number of aromatic nitrogens is 3. The first-order chi connectivity index (χ1) is 24.8. The van der Waals surface area contributed by atoms with Gasteiger partial charge in [-0.2, -0.15) is 0 Å². The predicted molar refractivity (Wildman–Crippen MR) is 207 cm³/mol. The maximum atomic E-state index is 5.19. The summed E-state index contributed by atoms with van der Waals surface area (Å²) in [6.07, 6.45) is 3.69. The highest BCUT2D eigenvalue weighted by atomic mass is 14.9. The van der Waals surface area contributed by atoms with Gasteiger partial charge in [-0.25, -0.2) is 9.97 Å². The molecule has 3 heteroatoms. The van der Waals surface area contributed by atoms with Crippen molar-refractivity contribution in [1.82, 2.24) is 15.0 Å². The van der Waals surface area contributed by atoms with E-state index in [1.807, 2.05) is 18.3 Å². The van der Waals surface area contributed by atoms with Gasteiger partial charge in [0.1, 0.15) is 0 Å². The molecule has 2 aromatic heterocycles. The molecule has 0 saturated carbocycles. The first-order valence-electron chi connectivity index (χ1n) is 16.8. The van der Waals surface area contributed by atoms with Crippen LogP contribution in [-0.2, 0) is 0 Å². The molecule has 0 aliphatic heterocycles. The van der Waals surface area contributed by atoms with Gasteiger partial charge in [-0.1, -0.05) is 146 Å². The summed E-state index contributed by atoms with van der Waals surface area (Å²) in [5, 5.41) is 5.00. The van der Waals surface area contributed by atoms with Crippen LogP contribution in [0.2, 0.25) is 0 Å². The fourth-order valence-corrected chi connectivity index (χ4v) is 6.84. The summed E-state index contributed by atoms with van der Waals surface area (Å²) in [7, 11) is 0. The molecule has 50 heavy (non-hydrogen) atoms. The molecule has 0 aliphatic carbocycles. The van der Waals surface area contributed by atoms with E-state index in [-0.39, 0.29) is 0 Å². The van der Waals surface area contributed by atoms with Crippen LogP contribution < -0.4 is 0 Å². The van der Waals surface area contributed by atoms with Crippen LogP contribution in [0.5, 0.6) is 0 Å². The van der Waals surface area contributed by atoms with Crippen molar-refractivity contribution in [3.8, 4) is 67.3 Å². The smallest absolute Gasteiger partial charge is 0.160 e. The van der Waals surface area contributed by atoms with Gasteiger partial charge in [0.2, 0.25) is 0 Å². The number of nitrogens with zero attached hydrogens (tertiary/aromatic N) is 3. The summed E-state index contributed by atoms with van der Waals surface area (Å²) in [6.45, 7) is 0. The highest BCUT2D eigenvalue weighted by Gasteiger charge is 2.14. The number of pyridine rings is 1. The topological polar surface area (TPSA) is 38.7 Å². The fraction of sp³-hybridized carbons (Fsp3) is 0. The normalized spacial score (nSPS) is 11.2. The highest BCUT2D eigenvalue weighted by Crippen LogP contribution is 2.36. The largest absolute Gasteiger partial charge is 0.264 e. The van der Waals surface area contributed by atoms with E-state index in [4.69, 9.17) is 9.97 Å². The molecule has 0 saturated heterocycles. The summed E-state index contributed by atoms with van der Waals surface area (Å²) in [4.78, 5) is 14.7. The van der Waals surface area contributed by atoms with E-state index >= 15 is 0 Å². The van der Waals surface area contributed by atoms with E-state index in [9.17, 15) is 0 Å². The zero-order chi connectivity index (χ0) is 33.3. The minimum atomic E-state index is 0.685. The van der Waals surface area contributed by atoms with Gasteiger partial charge in [0.05, 0.1) is 11.4 Å². The van der Waals surface area contributed by atoms with Gasteiger partial charge in [-0.3, -0.25) is 4.98 Å². The zero-order valence-corrected chi connectivity index (χ0v) is 27.2. The van der Waals surface area contributed by atoms with Crippen LogP contribution in [0, 0.1) is 0 Å². The van der Waals surface area contributed by atoms with Crippen LogP contribution >= 0.6 is 0 Å². The molecule has 0 aliphatic rings. The summed E-state index contributed by atoms with van der Waals surface area (Å²) >= 11 is 0. The van der Waals surface area contributed by atoms with E-state index in [2.05, 4.69) is 169 Å². The Balaban J connectivity index is 1.17. The molecule has 3 nitrogen and oxygen atoms in total. The van der Waals surface area contributed by atoms with Gasteiger partial charge < -0.3 is 0 Å². The Labute approximate surface area is 291 Å². The van der Waals surface area contributed by atoms with E-state index in [1.54, 1.807) is 6.20 Å². The molecule has 0 atom stereocenters. The number of fused-ring (bicyclic) bond motifs is 3. The van der Waals surface area contributed by atoms with Gasteiger partial charge >= 0.3 is 0 Å². The summed E-state index contributed by atoms with van der Waals surface area (Å²) < 4.78 is 0. The molecule has 0 bridgehead atoms. The van der Waals surface area contributed by atoms with E-state index in [0.29, 0.717) is 5.82 Å². The molecule has 9 aromatic rings. The molecule has 7 aromatic carbocycles. The Kier molecular flexibility index (Phi) is 7.49. The van der Waals surface area contributed by atoms with Crippen molar-refractivity contribution in [2.45, 2.75) is 0 Å². The number of rotatable bonds is 6. The monoisotopic (exact) mass is 637 g/mol. The Bertz CT molecular complexity index is 2530. The Morgan fingerprint density at radius 3 is 1.58 bits per heavy atom. The second-order valence-electron chi connectivity index (χ2n) is 12.5. The minimum Gasteiger partial charge on any atom is -0.264 e. The molecule has 0 amide bonds. The van der Waals surface area contributed by atoms with Gasteiger partial charge in [-0.05, 0) is 79.7 Å². The molecule has 0 spiro atoms. The van der Waals surface area contributed by atoms with Gasteiger partial charge in [0, 0.05) is 34.6 Å². The lowest BCUT2D eigenvalue weighted by Gasteiger charge is -2.13. The van der Waals surface area contributed by atoms with Crippen molar-refractivity contribution in [3.05, 3.63) is 188 Å². The highest BCUT2D eigenvalue weighted by molar-refractivity contribution is 6.13. The van der Waals surface area contributed by atoms with Gasteiger partial charge in [0.15, 0.2) is 5.82 Å². The van der Waals surface area contributed by atoms with E-state index in [1.165, 1.54) is 32.7 Å². The lowest BCUT2D eigenvalue weighted by atomic mass is 9.93. The predicted octanol–water partition coefficient (Wildman–Crippen LogP) is 12.2. The molecule has 2 heterocycles. The van der Waals surface area contributed by atoms with Crippen molar-refractivity contribution in [2.75, 3.05) is 0 Å². The standard InChI is InChI=1S/C47H31N3/c1-2-11-32(12-3-1)35-14-8-16-38(27-35)45-30-46(39-17-9-15-36(28-39)40-18-10-26-48-31-40)50-47(49-45)34-24-22-33(23-25-34)44-29-37-13-4-5-19-41(37)42-20-6-7-21-43(42)44/h1-31H. The van der Waals surface area contributed by atoms with Crippen LogP contribution in [0.25, 0.3) is 88.8 Å². The molecule has 0 N–H and O–H groups in total. The Morgan fingerprint density at radius 1 is 0.320 bits per heavy atom. The minimum absolute atomic E-state index is 0.685. The number of hydrogen-bond donors (Lipinski definition) is 0. The maximum Gasteiger partial charge on any atom is 0.160 e. The summed E-state index contributed by atoms with van der Waals surface area (Å²) in [5.74, 6) is 0.685. The first kappa shape index (κ1) is 29.4. The van der Waals surface area contributed by atoms with Gasteiger partial charge in [0.25, 0.3) is 0 Å². The molecular weight excluding hydrogens is 607 g/mol. The van der Waals surface area contributed by atoms with Crippen molar-refractivity contribution in [3.63, 3.8) is 0 Å². The SMILES string of the molecule is c1ccc(-c2cccc(-c3cc(-c4cccc(-c5cccnc5)c4)nc(-c4ccc(-c5cc6ccccc6c6ccccc56)cc4)n3)c2)cc1. The third kappa shape index (κ3) is 5.61. The first-order valence-corrected chi connectivity index (χ1v) is 16.8. The van der Waals surface area contributed by atoms with Gasteiger partial charge in [-0.15, -0.1) is 0 Å². The lowest BCUT2D eigenvalue weighted by Crippen LogP contribution is -1.96. The average Bonchev–Trinajstić information content (AvgIpc) is 3.21. The van der Waals surface area contributed by atoms with E-state index < -0.39 is 0 Å². The van der Waals surface area contributed by atoms with Crippen molar-refractivity contribution >= 4 is 21.5 Å². The van der Waals surface area contributed by atoms with E-state index in [0.717, 1.165) is 50.3 Å². The second kappa shape index (κ2) is 12.7. The summed E-state index contributed by atoms with van der Waals surface area (Å²) in [5.41, 5.74) is 11.6. The van der Waals surface area contributed by atoms with Crippen molar-refractivity contribution in [2.24, 2.45) is 0 Å². The molecule has 0 unspecified atom stereocenters. The van der Waals surface area contributed by atoms with Crippen molar-refractivity contribution < 1.29 is 0 Å². The van der Waals surface area contributed by atoms with Crippen LogP contribution in [0.3, 0.4) is 0 Å². The number of hydrogen-bond acceptors (Lipinski definition) is 3. The average molecular weight is 638 g/mol. The third-order valence-electron chi connectivity index (χ3n) is 9.37. The molecular formula is C47H31N3. The maximum absolute atomic E-state index is 5.19. The fourth-order valence-electron chi connectivity index (χ4n) is 6.84.